The van der Waals surface area contributed by atoms with Crippen LogP contribution in [0.4, 0.5) is 0 Å². The largest absolute Gasteiger partial charge is 4.00 e. The predicted molar refractivity (Wildman–Crippen MR) is 17.6 cm³/mol. The first-order valence-corrected chi connectivity index (χ1v) is 0.383. The van der Waals surface area contributed by atoms with Crippen LogP contribution >= 0.6 is 0 Å². The van der Waals surface area contributed by atoms with Gasteiger partial charge in [-0.1, -0.05) is 0 Å². The van der Waals surface area contributed by atoms with Gasteiger partial charge in [-0.15, -0.1) is 4.91 Å². The van der Waals surface area contributed by atoms with Crippen LogP contribution in [0.5, 0.6) is 0 Å². The number of hydrogen-bond acceptors (Lipinski definition) is 4. The van der Waals surface area contributed by atoms with Gasteiger partial charge in [-0.2, -0.15) is 0 Å². The topological polar surface area (TPSA) is 120 Å². The summed E-state index contributed by atoms with van der Waals surface area (Å²) < 4.78 is 0. The molecule has 0 saturated carbocycles. The first kappa shape index (κ1) is 94.0. The molecule has 0 radical (unpaired) electrons. The van der Waals surface area contributed by atoms with Gasteiger partial charge in [-0.25, -0.2) is 0 Å². The molecule has 0 aromatic carbocycles. The molecular formula is H7Cl3N3O2Pt+. The molecule has 0 spiro atoms. The molecule has 7 N–H and O–H groups in total. The van der Waals surface area contributed by atoms with Gasteiger partial charge in [0.15, 0.2) is 5.34 Å². The van der Waals surface area contributed by atoms with Crippen molar-refractivity contribution in [2.75, 3.05) is 0 Å². The van der Waals surface area contributed by atoms with E-state index in [-0.39, 0.29) is 70.6 Å². The standard InChI is InChI=1S/3ClH.HNO2.2H3N.Pt/c;;;2-1-3;;;/h3*1H;(H,2,3);2*1H3;/q;;;;;;+4/p-3. The molecule has 0 fully saturated rings. The average Bonchev–Trinajstić information content (AvgIpc) is 0.918. The van der Waals surface area contributed by atoms with E-state index in [0.717, 1.165) is 0 Å². The van der Waals surface area contributed by atoms with Gasteiger partial charge in [0.2, 0.25) is 0 Å². The molecule has 0 unspecified atom stereocenters. The summed E-state index contributed by atoms with van der Waals surface area (Å²) in [7, 11) is 0. The fourth-order valence-corrected chi connectivity index (χ4v) is 0. The molecule has 5 nitrogen and oxygen atoms in total. The van der Waals surface area contributed by atoms with E-state index >= 15 is 0 Å². The van der Waals surface area contributed by atoms with Gasteiger partial charge in [-0.3, -0.25) is 0 Å². The van der Waals surface area contributed by atoms with Gasteiger partial charge >= 0.3 is 21.1 Å². The third kappa shape index (κ3) is 544. The summed E-state index contributed by atoms with van der Waals surface area (Å²) in [6, 6.07) is 0. The summed E-state index contributed by atoms with van der Waals surface area (Å²) in [5, 5.41) is 7.89. The fourth-order valence-electron chi connectivity index (χ4n) is 0. The van der Waals surface area contributed by atoms with Gasteiger partial charge < -0.3 is 54.7 Å². The molecule has 9 heavy (non-hydrogen) atoms. The Kier molecular flexibility index (Phi) is 1630. The van der Waals surface area contributed by atoms with Crippen LogP contribution in [0.15, 0.2) is 5.34 Å². The van der Waals surface area contributed by atoms with E-state index in [9.17, 15) is 0 Å². The molecule has 0 aromatic heterocycles. The minimum atomic E-state index is 0. The molecule has 0 heterocycles. The first-order valence-electron chi connectivity index (χ1n) is 0.383. The zero-order chi connectivity index (χ0) is 2.71. The van der Waals surface area contributed by atoms with Crippen molar-refractivity contribution in [1.82, 2.24) is 12.3 Å². The molecule has 0 aromatic rings. The maximum atomic E-state index is 8.11. The summed E-state index contributed by atoms with van der Waals surface area (Å²) in [6.07, 6.45) is 0. The van der Waals surface area contributed by atoms with E-state index in [1.54, 1.807) is 0 Å². The van der Waals surface area contributed by atoms with E-state index in [1.165, 1.54) is 5.34 Å². The van der Waals surface area contributed by atoms with Crippen molar-refractivity contribution in [3.05, 3.63) is 4.91 Å². The molecule has 0 bridgehead atoms. The normalized spacial score (nSPS) is 1.33. The molecule has 0 atom stereocenters. The van der Waals surface area contributed by atoms with Gasteiger partial charge in [0.1, 0.15) is 0 Å². The minimum absolute atomic E-state index is 0. The third-order valence-electron chi connectivity index (χ3n) is 0. The molecule has 0 aliphatic carbocycles. The van der Waals surface area contributed by atoms with E-state index in [0.29, 0.717) is 0 Å². The number of halogens is 3. The second-order valence-electron chi connectivity index (χ2n) is 0.0816. The average molecular weight is 383 g/mol. The Morgan fingerprint density at radius 2 is 1.00 bits per heavy atom. The van der Waals surface area contributed by atoms with E-state index < -0.39 is 0 Å². The van der Waals surface area contributed by atoms with Gasteiger partial charge in [0.25, 0.3) is 0 Å². The molecule has 0 saturated heterocycles. The van der Waals surface area contributed by atoms with E-state index in [4.69, 9.17) is 10.1 Å². The quantitative estimate of drug-likeness (QED) is 0.285. The van der Waals surface area contributed by atoms with Gasteiger partial charge in [-0.05, 0) is 0 Å². The summed E-state index contributed by atoms with van der Waals surface area (Å²) in [6.45, 7) is 0. The number of hydrogen-bond donors (Lipinski definition) is 3. The van der Waals surface area contributed by atoms with Crippen LogP contribution in [0.3, 0.4) is 0 Å². The van der Waals surface area contributed by atoms with Crippen molar-refractivity contribution >= 4 is 0 Å². The Hall–Kier alpha value is 0.878. The fraction of sp³-hybridized carbons (Fsp3) is 0. The van der Waals surface area contributed by atoms with Crippen molar-refractivity contribution in [3.8, 4) is 0 Å². The molecular weight excluding hydrogens is 375 g/mol. The van der Waals surface area contributed by atoms with Crippen LogP contribution in [0, 0.1) is 4.91 Å². The molecule has 0 amide bonds. The van der Waals surface area contributed by atoms with Crippen LogP contribution in [-0.2, 0) is 21.1 Å². The maximum absolute atomic E-state index is 8.11. The maximum Gasteiger partial charge on any atom is 4.00 e. The smallest absolute Gasteiger partial charge is 1.00 e. The summed E-state index contributed by atoms with van der Waals surface area (Å²) in [5.41, 5.74) is 0. The summed E-state index contributed by atoms with van der Waals surface area (Å²) in [5.74, 6) is 0. The minimum Gasteiger partial charge on any atom is -1.00 e. The van der Waals surface area contributed by atoms with Crippen LogP contribution in [0.25, 0.3) is 0 Å². The van der Waals surface area contributed by atoms with E-state index in [2.05, 4.69) is 0 Å². The second-order valence-corrected chi connectivity index (χ2v) is 0.0816. The monoisotopic (exact) mass is 381 g/mol. The zero-order valence-electron chi connectivity index (χ0n) is 4.17. The number of nitrogens with zero attached hydrogens (tertiary/aromatic N) is 1. The third-order valence-corrected chi connectivity index (χ3v) is 0. The zero-order valence-corrected chi connectivity index (χ0v) is 8.71. The van der Waals surface area contributed by atoms with Crippen molar-refractivity contribution in [2.24, 2.45) is 5.34 Å². The van der Waals surface area contributed by atoms with Crippen molar-refractivity contribution in [2.45, 2.75) is 0 Å². The van der Waals surface area contributed by atoms with Crippen LogP contribution in [0.1, 0.15) is 0 Å². The Labute approximate surface area is 85.9 Å². The Morgan fingerprint density at radius 1 is 1.00 bits per heavy atom. The van der Waals surface area contributed by atoms with Crippen molar-refractivity contribution < 1.29 is 63.5 Å². The molecule has 0 aliphatic heterocycles. The Balaban J connectivity index is -0.00000000133. The first-order chi connectivity index (χ1) is 1.41. The Bertz CT molecular complexity index is 24.5. The molecule has 0 aliphatic rings. The SMILES string of the molecule is N.N.O=NO.[Cl-].[Cl-].[Cl-].[Pt+4]. The van der Waals surface area contributed by atoms with Crippen molar-refractivity contribution in [1.29, 1.82) is 0 Å². The van der Waals surface area contributed by atoms with Gasteiger partial charge in [0, 0.05) is 0 Å². The van der Waals surface area contributed by atoms with Crippen LogP contribution in [-0.4, -0.2) is 5.21 Å². The van der Waals surface area contributed by atoms with Crippen molar-refractivity contribution in [3.63, 3.8) is 0 Å². The second kappa shape index (κ2) is 156. The number of rotatable bonds is 0. The van der Waals surface area contributed by atoms with E-state index in [1.807, 2.05) is 0 Å². The van der Waals surface area contributed by atoms with Crippen LogP contribution < -0.4 is 49.5 Å². The predicted octanol–water partition coefficient (Wildman–Crippen LogP) is -8.52. The molecule has 64 valence electrons. The Morgan fingerprint density at radius 3 is 1.00 bits per heavy atom. The molecule has 0 rings (SSSR count). The summed E-state index contributed by atoms with van der Waals surface area (Å²) >= 11 is 0. The summed E-state index contributed by atoms with van der Waals surface area (Å²) in [4.78, 5) is 8.11. The van der Waals surface area contributed by atoms with Crippen LogP contribution in [0.2, 0.25) is 0 Å². The van der Waals surface area contributed by atoms with Gasteiger partial charge in [0.05, 0.1) is 0 Å². The molecule has 9 heteroatoms.